The van der Waals surface area contributed by atoms with E-state index in [2.05, 4.69) is 15.9 Å². The molecule has 9 nitrogen and oxygen atoms in total. The third-order valence-electron chi connectivity index (χ3n) is 3.89. The van der Waals surface area contributed by atoms with Crippen molar-refractivity contribution in [2.45, 2.75) is 0 Å². The Morgan fingerprint density at radius 2 is 1.79 bits per heavy atom. The minimum absolute atomic E-state index is 0.0843. The molecule has 0 aliphatic carbocycles. The lowest BCUT2D eigenvalue weighted by Crippen LogP contribution is -2.36. The molecule has 0 bridgehead atoms. The Morgan fingerprint density at radius 1 is 1.07 bits per heavy atom. The SMILES string of the molecule is O=C(CN1C(=O)c2cccc([N+](=O)[O-])c2C1=O)OCCOc1ccc(Br)cc1. The highest BCUT2D eigenvalue weighted by atomic mass is 79.9. The summed E-state index contributed by atoms with van der Waals surface area (Å²) in [5, 5.41) is 11.1. The van der Waals surface area contributed by atoms with E-state index in [0.29, 0.717) is 10.6 Å². The van der Waals surface area contributed by atoms with Crippen molar-refractivity contribution in [1.82, 2.24) is 4.90 Å². The van der Waals surface area contributed by atoms with Gasteiger partial charge in [-0.2, -0.15) is 0 Å². The molecule has 1 heterocycles. The molecule has 2 amide bonds. The fraction of sp³-hybridized carbons (Fsp3) is 0.167. The number of nitrogens with zero attached hydrogens (tertiary/aromatic N) is 2. The van der Waals surface area contributed by atoms with Crippen LogP contribution in [0.2, 0.25) is 0 Å². The number of nitro groups is 1. The zero-order valence-electron chi connectivity index (χ0n) is 14.3. The molecule has 0 aromatic heterocycles. The zero-order valence-corrected chi connectivity index (χ0v) is 15.9. The van der Waals surface area contributed by atoms with Crippen molar-refractivity contribution in [3.63, 3.8) is 0 Å². The molecule has 0 unspecified atom stereocenters. The number of fused-ring (bicyclic) bond motifs is 1. The standard InChI is InChI=1S/C18H13BrN2O7/c19-11-4-6-12(7-5-11)27-8-9-28-15(22)10-20-17(23)13-2-1-3-14(21(25)26)16(13)18(20)24/h1-7H,8-10H2. The van der Waals surface area contributed by atoms with Gasteiger partial charge < -0.3 is 9.47 Å². The molecule has 0 N–H and O–H groups in total. The summed E-state index contributed by atoms with van der Waals surface area (Å²) >= 11 is 3.30. The van der Waals surface area contributed by atoms with Crippen LogP contribution in [-0.2, 0) is 9.53 Å². The van der Waals surface area contributed by atoms with Gasteiger partial charge >= 0.3 is 5.97 Å². The first-order valence-corrected chi connectivity index (χ1v) is 8.85. The minimum Gasteiger partial charge on any atom is -0.490 e. The van der Waals surface area contributed by atoms with Gasteiger partial charge in [-0.3, -0.25) is 29.4 Å². The summed E-state index contributed by atoms with van der Waals surface area (Å²) < 4.78 is 11.3. The van der Waals surface area contributed by atoms with Crippen LogP contribution >= 0.6 is 15.9 Å². The molecular formula is C18H13BrN2O7. The van der Waals surface area contributed by atoms with Crippen molar-refractivity contribution in [2.75, 3.05) is 19.8 Å². The number of halogens is 1. The van der Waals surface area contributed by atoms with E-state index in [1.165, 1.54) is 12.1 Å². The number of benzene rings is 2. The maximum atomic E-state index is 12.4. The smallest absolute Gasteiger partial charge is 0.326 e. The van der Waals surface area contributed by atoms with Crippen molar-refractivity contribution in [2.24, 2.45) is 0 Å². The number of ether oxygens (including phenoxy) is 2. The van der Waals surface area contributed by atoms with Crippen molar-refractivity contribution in [1.29, 1.82) is 0 Å². The van der Waals surface area contributed by atoms with Crippen LogP contribution in [0.4, 0.5) is 5.69 Å². The zero-order chi connectivity index (χ0) is 20.3. The van der Waals surface area contributed by atoms with Gasteiger partial charge in [-0.1, -0.05) is 22.0 Å². The lowest BCUT2D eigenvalue weighted by Gasteiger charge is -2.13. The molecule has 144 valence electrons. The van der Waals surface area contributed by atoms with Crippen LogP contribution in [0.15, 0.2) is 46.9 Å². The van der Waals surface area contributed by atoms with Crippen LogP contribution in [0.25, 0.3) is 0 Å². The summed E-state index contributed by atoms with van der Waals surface area (Å²) in [6.45, 7) is -0.638. The van der Waals surface area contributed by atoms with Crippen LogP contribution in [0.3, 0.4) is 0 Å². The number of imide groups is 1. The van der Waals surface area contributed by atoms with E-state index in [0.717, 1.165) is 10.5 Å². The maximum Gasteiger partial charge on any atom is 0.326 e. The molecule has 1 aliphatic heterocycles. The Bertz CT molecular complexity index is 959. The van der Waals surface area contributed by atoms with Crippen LogP contribution in [0.5, 0.6) is 5.75 Å². The van der Waals surface area contributed by atoms with Gasteiger partial charge in [0, 0.05) is 10.5 Å². The minimum atomic E-state index is -0.893. The third-order valence-corrected chi connectivity index (χ3v) is 4.42. The third kappa shape index (κ3) is 4.01. The number of nitro benzene ring substituents is 1. The van der Waals surface area contributed by atoms with Gasteiger partial charge in [0.05, 0.1) is 10.5 Å². The molecule has 2 aromatic rings. The van der Waals surface area contributed by atoms with Gasteiger partial charge in [0.25, 0.3) is 17.5 Å². The normalized spacial score (nSPS) is 12.7. The highest BCUT2D eigenvalue weighted by Crippen LogP contribution is 2.30. The Morgan fingerprint density at radius 3 is 2.46 bits per heavy atom. The van der Waals surface area contributed by atoms with Crippen LogP contribution in [-0.4, -0.2) is 47.4 Å². The van der Waals surface area contributed by atoms with E-state index in [9.17, 15) is 24.5 Å². The van der Waals surface area contributed by atoms with Gasteiger partial charge in [0.2, 0.25) is 0 Å². The molecule has 0 atom stereocenters. The molecule has 3 rings (SSSR count). The van der Waals surface area contributed by atoms with Crippen molar-refractivity contribution < 1.29 is 28.8 Å². The van der Waals surface area contributed by atoms with Crippen molar-refractivity contribution in [3.05, 3.63) is 68.2 Å². The number of carbonyl (C=O) groups is 3. The summed E-state index contributed by atoms with van der Waals surface area (Å²) in [4.78, 5) is 47.6. The summed E-state index contributed by atoms with van der Waals surface area (Å²) in [6.07, 6.45) is 0. The predicted molar refractivity (Wildman–Crippen MR) is 99.1 cm³/mol. The largest absolute Gasteiger partial charge is 0.490 e. The lowest BCUT2D eigenvalue weighted by atomic mass is 10.1. The molecule has 0 saturated heterocycles. The topological polar surface area (TPSA) is 116 Å². The average Bonchev–Trinajstić information content (AvgIpc) is 2.91. The van der Waals surface area contributed by atoms with E-state index in [1.807, 2.05) is 0 Å². The Balaban J connectivity index is 1.55. The molecular weight excluding hydrogens is 436 g/mol. The van der Waals surface area contributed by atoms with E-state index in [-0.39, 0.29) is 24.3 Å². The lowest BCUT2D eigenvalue weighted by molar-refractivity contribution is -0.385. The Hall–Kier alpha value is -3.27. The fourth-order valence-electron chi connectivity index (χ4n) is 2.63. The molecule has 1 aliphatic rings. The predicted octanol–water partition coefficient (Wildman–Crippen LogP) is 2.58. The average molecular weight is 449 g/mol. The Kier molecular flexibility index (Phi) is 5.69. The molecule has 10 heteroatoms. The summed E-state index contributed by atoms with van der Waals surface area (Å²) in [6, 6.07) is 10.8. The summed E-state index contributed by atoms with van der Waals surface area (Å²) in [5.41, 5.74) is -0.899. The molecule has 28 heavy (non-hydrogen) atoms. The van der Waals surface area contributed by atoms with Gasteiger partial charge in [0.1, 0.15) is 31.1 Å². The number of carbonyl (C=O) groups excluding carboxylic acids is 3. The molecule has 0 radical (unpaired) electrons. The monoisotopic (exact) mass is 448 g/mol. The van der Waals surface area contributed by atoms with Crippen LogP contribution < -0.4 is 4.74 Å². The van der Waals surface area contributed by atoms with Gasteiger partial charge in [-0.25, -0.2) is 0 Å². The van der Waals surface area contributed by atoms with E-state index in [4.69, 9.17) is 9.47 Å². The van der Waals surface area contributed by atoms with Crippen molar-refractivity contribution >= 4 is 39.4 Å². The second-order valence-corrected chi connectivity index (χ2v) is 6.59. The highest BCUT2D eigenvalue weighted by molar-refractivity contribution is 9.10. The highest BCUT2D eigenvalue weighted by Gasteiger charge is 2.41. The second kappa shape index (κ2) is 8.17. The van der Waals surface area contributed by atoms with Gasteiger partial charge in [-0.15, -0.1) is 0 Å². The van der Waals surface area contributed by atoms with E-state index >= 15 is 0 Å². The Labute approximate surface area is 167 Å². The first-order chi connectivity index (χ1) is 13.4. The maximum absolute atomic E-state index is 12.4. The summed E-state index contributed by atoms with van der Waals surface area (Å²) in [7, 11) is 0. The number of hydrogen-bond donors (Lipinski definition) is 0. The van der Waals surface area contributed by atoms with Gasteiger partial charge in [0.15, 0.2) is 0 Å². The quantitative estimate of drug-likeness (QED) is 0.210. The van der Waals surface area contributed by atoms with Crippen LogP contribution in [0, 0.1) is 10.1 Å². The molecule has 2 aromatic carbocycles. The second-order valence-electron chi connectivity index (χ2n) is 5.68. The first kappa shape index (κ1) is 19.5. The number of esters is 1. The number of rotatable bonds is 7. The first-order valence-electron chi connectivity index (χ1n) is 8.06. The van der Waals surface area contributed by atoms with E-state index in [1.54, 1.807) is 24.3 Å². The number of amides is 2. The van der Waals surface area contributed by atoms with Crippen LogP contribution in [0.1, 0.15) is 20.7 Å². The molecule has 0 spiro atoms. The van der Waals surface area contributed by atoms with Crippen molar-refractivity contribution in [3.8, 4) is 5.75 Å². The van der Waals surface area contributed by atoms with E-state index < -0.39 is 34.9 Å². The summed E-state index contributed by atoms with van der Waals surface area (Å²) in [5.74, 6) is -1.90. The fourth-order valence-corrected chi connectivity index (χ4v) is 2.90. The molecule has 0 saturated carbocycles. The molecule has 0 fully saturated rings. The van der Waals surface area contributed by atoms with Gasteiger partial charge in [-0.05, 0) is 30.3 Å². The number of hydrogen-bond acceptors (Lipinski definition) is 7.